The molecule has 8 unspecified atom stereocenters. The fourth-order valence-electron chi connectivity index (χ4n) is 0.219. The Morgan fingerprint density at radius 1 is 1.25 bits per heavy atom. The number of rotatable bonds is 7. The van der Waals surface area contributed by atoms with E-state index in [1.54, 1.807) is 0 Å². The Bertz CT molecular complexity index is 139. The van der Waals surface area contributed by atoms with Crippen molar-refractivity contribution in [1.82, 2.24) is 0 Å². The molecule has 12 heteroatoms. The Hall–Kier alpha value is 5.34. The summed E-state index contributed by atoms with van der Waals surface area (Å²) in [5, 5.41) is 0. The molecule has 0 aromatic heterocycles. The summed E-state index contributed by atoms with van der Waals surface area (Å²) in [6.45, 7) is 0. The van der Waals surface area contributed by atoms with Crippen LogP contribution in [0, 0.1) is 0 Å². The Labute approximate surface area is 124 Å². The minimum absolute atomic E-state index is 0.0721. The van der Waals surface area contributed by atoms with Crippen LogP contribution in [0.25, 0.3) is 0 Å². The zero-order chi connectivity index (χ0) is 9.23. The number of hydrogen-bond donors (Lipinski definition) is 1. The molecule has 0 heterocycles. The second-order valence-electron chi connectivity index (χ2n) is 1.24. The predicted octanol–water partition coefficient (Wildman–Crippen LogP) is -6.89. The molecular weight excluding hydrogens is 781 g/mol. The molecular formula is H10As10O2. The van der Waals surface area contributed by atoms with Crippen LogP contribution in [0.15, 0.2) is 0 Å². The third-order valence-electron chi connectivity index (χ3n) is 0.501. The summed E-state index contributed by atoms with van der Waals surface area (Å²) < 4.78 is 19.2. The zero-order valence-corrected chi connectivity index (χ0v) is 26.7. The van der Waals surface area contributed by atoms with Crippen molar-refractivity contribution in [3.63, 3.8) is 0 Å². The standard InChI is InChI=1S/As10H10O2/c1-2-3-4-5-6-7-8-9-10(11)12/h2-7,10H,1H2,(H,11,12). The molecule has 0 amide bonds. The molecule has 1 N–H and O–H groups in total. The van der Waals surface area contributed by atoms with Gasteiger partial charge in [0.2, 0.25) is 0 Å². The summed E-state index contributed by atoms with van der Waals surface area (Å²) in [5.41, 5.74) is 0. The molecule has 8 atom stereocenters. The maximum atomic E-state index is 10.5. The van der Waals surface area contributed by atoms with E-state index < -0.39 is 12.9 Å². The van der Waals surface area contributed by atoms with Gasteiger partial charge in [0.05, 0.1) is 0 Å². The van der Waals surface area contributed by atoms with E-state index in [1.807, 2.05) is 0 Å². The molecule has 0 aliphatic rings. The van der Waals surface area contributed by atoms with Crippen molar-refractivity contribution in [2.45, 2.75) is 0 Å². The van der Waals surface area contributed by atoms with Crippen molar-refractivity contribution in [1.29, 1.82) is 0 Å². The first kappa shape index (κ1) is 17.3. The van der Waals surface area contributed by atoms with Gasteiger partial charge in [-0.15, -0.1) is 0 Å². The third-order valence-corrected chi connectivity index (χ3v) is 315. The van der Waals surface area contributed by atoms with Crippen LogP contribution in [-0.2, 0) is 3.74 Å². The molecule has 0 spiro atoms. The summed E-state index contributed by atoms with van der Waals surface area (Å²) in [6, 6.07) is 0. The van der Waals surface area contributed by atoms with Gasteiger partial charge in [-0.1, -0.05) is 0 Å². The Morgan fingerprint density at radius 3 is 2.50 bits per heavy atom. The normalized spacial score (nSPS) is 19.8. The third kappa shape index (κ3) is 15.3. The second-order valence-corrected chi connectivity index (χ2v) is 140. The topological polar surface area (TPSA) is 37.3 Å². The Morgan fingerprint density at radius 2 is 1.92 bits per heavy atom. The molecule has 0 aliphatic carbocycles. The van der Waals surface area contributed by atoms with E-state index in [0.717, 1.165) is 34.9 Å². The van der Waals surface area contributed by atoms with E-state index in [9.17, 15) is 3.74 Å². The summed E-state index contributed by atoms with van der Waals surface area (Å²) in [6.07, 6.45) is 0. The Kier molecular flexibility index (Phi) is 20.8. The van der Waals surface area contributed by atoms with E-state index >= 15 is 0 Å². The van der Waals surface area contributed by atoms with Crippen molar-refractivity contribution in [2.75, 3.05) is 0 Å². The van der Waals surface area contributed by atoms with Crippen LogP contribution in [0.1, 0.15) is 0 Å². The molecule has 0 saturated heterocycles. The summed E-state index contributed by atoms with van der Waals surface area (Å²) in [7, 11) is 0. The van der Waals surface area contributed by atoms with Gasteiger partial charge < -0.3 is 0 Å². The van der Waals surface area contributed by atoms with Crippen molar-refractivity contribution in [2.24, 2.45) is 0 Å². The molecule has 0 radical (unpaired) electrons. The summed E-state index contributed by atoms with van der Waals surface area (Å²) in [5.74, 6) is 0. The molecule has 0 aromatic carbocycles. The summed E-state index contributed by atoms with van der Waals surface area (Å²) in [4.78, 5) is 0. The average Bonchev–Trinajstić information content (AvgIpc) is 2.02. The predicted molar refractivity (Wildman–Crippen MR) is 73.0 cm³/mol. The quantitative estimate of drug-likeness (QED) is 0.206. The van der Waals surface area contributed by atoms with Crippen LogP contribution >= 0.6 is 0 Å². The zero-order valence-electron chi connectivity index (χ0n) is 5.83. The average molecular weight is 791 g/mol. The van der Waals surface area contributed by atoms with Crippen LogP contribution < -0.4 is 0 Å². The van der Waals surface area contributed by atoms with Gasteiger partial charge in [-0.25, -0.2) is 0 Å². The van der Waals surface area contributed by atoms with Gasteiger partial charge in [0, 0.05) is 0 Å². The van der Waals surface area contributed by atoms with Crippen molar-refractivity contribution >= 4 is 120 Å². The van der Waals surface area contributed by atoms with Gasteiger partial charge in [-0.3, -0.25) is 0 Å². The monoisotopic (exact) mass is 791 g/mol. The van der Waals surface area contributed by atoms with Gasteiger partial charge in [0.1, 0.15) is 0 Å². The van der Waals surface area contributed by atoms with Crippen LogP contribution in [0.5, 0.6) is 0 Å². The van der Waals surface area contributed by atoms with Gasteiger partial charge in [-0.05, 0) is 0 Å². The molecule has 0 aromatic rings. The van der Waals surface area contributed by atoms with Gasteiger partial charge in [-0.2, -0.15) is 0 Å². The SMILES string of the molecule is O=[AsH](O)[As]=[As][AsH][AsH][AsH][AsH][AsH][AsH][AsH2]. The molecule has 2 nitrogen and oxygen atoms in total. The van der Waals surface area contributed by atoms with E-state index in [4.69, 9.17) is 4.10 Å². The molecule has 72 valence electrons. The van der Waals surface area contributed by atoms with Crippen LogP contribution in [0.4, 0.5) is 0 Å². The van der Waals surface area contributed by atoms with Gasteiger partial charge in [0.25, 0.3) is 0 Å². The van der Waals surface area contributed by atoms with Crippen molar-refractivity contribution in [3.05, 3.63) is 0 Å². The van der Waals surface area contributed by atoms with E-state index in [0.29, 0.717) is 45.9 Å². The summed E-state index contributed by atoms with van der Waals surface area (Å²) >= 11 is 4.42. The molecule has 0 bridgehead atoms. The maximum absolute atomic E-state index is 10.5. The van der Waals surface area contributed by atoms with Gasteiger partial charge >= 0.3 is 127 Å². The first-order chi connectivity index (χ1) is 5.77. The fraction of sp³-hybridized carbons (Fsp3) is 0. The number of hydrogen-bond acceptors (Lipinski definition) is 1. The molecule has 0 rings (SSSR count). The Balaban J connectivity index is 3.05. The fourth-order valence-corrected chi connectivity index (χ4v) is 700. The minimum atomic E-state index is -2.49. The van der Waals surface area contributed by atoms with Crippen molar-refractivity contribution in [3.8, 4) is 0 Å². The van der Waals surface area contributed by atoms with E-state index in [1.165, 1.54) is 0 Å². The second kappa shape index (κ2) is 14.4. The first-order valence-electron chi connectivity index (χ1n) is 2.61. The van der Waals surface area contributed by atoms with Crippen LogP contribution in [0.2, 0.25) is 0 Å². The van der Waals surface area contributed by atoms with Crippen molar-refractivity contribution < 1.29 is 7.84 Å². The molecule has 0 fully saturated rings. The van der Waals surface area contributed by atoms with Crippen LogP contribution in [0.3, 0.4) is 0 Å². The van der Waals surface area contributed by atoms with Crippen LogP contribution in [-0.4, -0.2) is 124 Å². The molecule has 12 heavy (non-hydrogen) atoms. The van der Waals surface area contributed by atoms with E-state index in [2.05, 4.69) is 14.8 Å². The van der Waals surface area contributed by atoms with Gasteiger partial charge in [0.15, 0.2) is 0 Å². The molecule has 0 saturated carbocycles. The molecule has 0 aliphatic heterocycles. The first-order valence-corrected chi connectivity index (χ1v) is 61.2. The van der Waals surface area contributed by atoms with E-state index in [-0.39, 0.29) is 11.1 Å².